The monoisotopic (exact) mass is 515 g/mol. The third-order valence-electron chi connectivity index (χ3n) is 8.73. The number of hydrogen-bond donors (Lipinski definition) is 0. The number of ether oxygens (including phenoxy) is 1. The lowest BCUT2D eigenvalue weighted by Gasteiger charge is -2.46. The van der Waals surface area contributed by atoms with Crippen LogP contribution in [0.5, 0.6) is 5.75 Å². The second-order valence-electron chi connectivity index (χ2n) is 11.4. The molecule has 1 aliphatic carbocycles. The molecular formula is C32H37NO3S. The minimum absolute atomic E-state index is 0.00117. The maximum atomic E-state index is 12.7. The Bertz CT molecular complexity index is 1340. The minimum atomic E-state index is -3.22. The average Bonchev–Trinajstić information content (AvgIpc) is 3.75. The van der Waals surface area contributed by atoms with Crippen LogP contribution in [0.3, 0.4) is 0 Å². The minimum Gasteiger partial charge on any atom is -0.487 e. The maximum Gasteiger partial charge on any atom is 0.158 e. The van der Waals surface area contributed by atoms with Gasteiger partial charge >= 0.3 is 0 Å². The van der Waals surface area contributed by atoms with Crippen LogP contribution in [0.2, 0.25) is 0 Å². The van der Waals surface area contributed by atoms with E-state index < -0.39 is 9.84 Å². The fourth-order valence-electron chi connectivity index (χ4n) is 6.19. The first-order valence-electron chi connectivity index (χ1n) is 13.8. The summed E-state index contributed by atoms with van der Waals surface area (Å²) in [5.41, 5.74) is 5.20. The summed E-state index contributed by atoms with van der Waals surface area (Å²) in [5.74, 6) is 2.09. The molecule has 3 aliphatic rings. The zero-order chi connectivity index (χ0) is 25.5. The Kier molecular flexibility index (Phi) is 6.62. The Balaban J connectivity index is 1.09. The molecule has 0 aromatic heterocycles. The van der Waals surface area contributed by atoms with E-state index in [4.69, 9.17) is 4.74 Å². The number of nitrogens with zero attached hydrogens (tertiary/aromatic N) is 1. The van der Waals surface area contributed by atoms with Gasteiger partial charge in [-0.05, 0) is 91.3 Å². The van der Waals surface area contributed by atoms with E-state index in [-0.39, 0.29) is 17.1 Å². The molecule has 2 aliphatic heterocycles. The van der Waals surface area contributed by atoms with Crippen LogP contribution in [0.15, 0.2) is 72.8 Å². The van der Waals surface area contributed by atoms with Crippen molar-refractivity contribution < 1.29 is 13.2 Å². The van der Waals surface area contributed by atoms with Crippen LogP contribution in [-0.4, -0.2) is 38.1 Å². The molecule has 3 aromatic rings. The summed E-state index contributed by atoms with van der Waals surface area (Å²) in [5, 5.41) is 0. The summed E-state index contributed by atoms with van der Waals surface area (Å²) in [4.78, 5) is 2.68. The molecule has 1 atom stereocenters. The molecule has 6 rings (SSSR count). The van der Waals surface area contributed by atoms with Crippen molar-refractivity contribution in [3.05, 3.63) is 89.5 Å². The summed E-state index contributed by atoms with van der Waals surface area (Å²) in [6.45, 7) is 4.71. The zero-order valence-electron chi connectivity index (χ0n) is 21.7. The second kappa shape index (κ2) is 9.92. The van der Waals surface area contributed by atoms with E-state index in [9.17, 15) is 8.42 Å². The fraction of sp³-hybridized carbons (Fsp3) is 0.438. The molecule has 4 nitrogen and oxygen atoms in total. The summed E-state index contributed by atoms with van der Waals surface area (Å²) in [7, 11) is -3.22. The van der Waals surface area contributed by atoms with Gasteiger partial charge in [0, 0.05) is 19.1 Å². The molecule has 1 saturated carbocycles. The third kappa shape index (κ3) is 5.63. The van der Waals surface area contributed by atoms with Crippen LogP contribution in [0.4, 0.5) is 0 Å². The van der Waals surface area contributed by atoms with Gasteiger partial charge in [-0.3, -0.25) is 0 Å². The standard InChI is InChI=1S/C32H37NO3S/c1-24(27-11-12-27)33-19-17-32(18-20-33)16-15-30-21-29(13-14-31(30)36-32)28-9-7-26(8-10-28)23-37(34,35)22-25-5-3-2-4-6-25/h2-10,13-14,21,24,27H,11-12,15-20,22-23H2,1H3. The number of likely N-dealkylation sites (tertiary alicyclic amines) is 1. The largest absolute Gasteiger partial charge is 0.487 e. The molecule has 194 valence electrons. The number of rotatable bonds is 7. The first-order valence-corrected chi connectivity index (χ1v) is 15.6. The van der Waals surface area contributed by atoms with Crippen molar-refractivity contribution in [1.82, 2.24) is 4.90 Å². The fourth-order valence-corrected chi connectivity index (χ4v) is 7.70. The molecule has 1 unspecified atom stereocenters. The Morgan fingerprint density at radius 3 is 2.19 bits per heavy atom. The van der Waals surface area contributed by atoms with Crippen LogP contribution >= 0.6 is 0 Å². The van der Waals surface area contributed by atoms with Crippen molar-refractivity contribution in [2.45, 2.75) is 68.6 Å². The highest BCUT2D eigenvalue weighted by Crippen LogP contribution is 2.43. The quantitative estimate of drug-likeness (QED) is 0.364. The van der Waals surface area contributed by atoms with Gasteiger partial charge in [-0.25, -0.2) is 8.42 Å². The Labute approximate surface area is 221 Å². The lowest BCUT2D eigenvalue weighted by molar-refractivity contribution is -0.0249. The van der Waals surface area contributed by atoms with Crippen molar-refractivity contribution in [2.24, 2.45) is 5.92 Å². The molecule has 37 heavy (non-hydrogen) atoms. The van der Waals surface area contributed by atoms with Crippen LogP contribution in [-0.2, 0) is 27.8 Å². The molecule has 0 amide bonds. The summed E-state index contributed by atoms with van der Waals surface area (Å²) in [6, 6.07) is 24.6. The van der Waals surface area contributed by atoms with E-state index >= 15 is 0 Å². The van der Waals surface area contributed by atoms with E-state index in [1.54, 1.807) is 0 Å². The molecule has 0 bridgehead atoms. The summed E-state index contributed by atoms with van der Waals surface area (Å²) in [6.07, 6.45) is 7.21. The van der Waals surface area contributed by atoms with Gasteiger partial charge in [0.2, 0.25) is 0 Å². The second-order valence-corrected chi connectivity index (χ2v) is 13.5. The Morgan fingerprint density at radius 2 is 1.51 bits per heavy atom. The van der Waals surface area contributed by atoms with Crippen LogP contribution in [0, 0.1) is 5.92 Å². The molecule has 0 N–H and O–H groups in total. The normalized spacial score (nSPS) is 20.2. The SMILES string of the molecule is CC(C1CC1)N1CCC2(CCc3cc(-c4ccc(CS(=O)(=O)Cc5ccccc5)cc4)ccc3O2)CC1. The molecule has 5 heteroatoms. The highest BCUT2D eigenvalue weighted by Gasteiger charge is 2.42. The van der Waals surface area contributed by atoms with Crippen molar-refractivity contribution in [1.29, 1.82) is 0 Å². The molecule has 2 fully saturated rings. The Hall–Kier alpha value is -2.63. The highest BCUT2D eigenvalue weighted by molar-refractivity contribution is 7.89. The number of piperidine rings is 1. The lowest BCUT2D eigenvalue weighted by atomic mass is 9.82. The van der Waals surface area contributed by atoms with Gasteiger partial charge < -0.3 is 9.64 Å². The average molecular weight is 516 g/mol. The molecule has 2 heterocycles. The number of fused-ring (bicyclic) bond motifs is 1. The van der Waals surface area contributed by atoms with E-state index in [1.165, 1.54) is 18.4 Å². The van der Waals surface area contributed by atoms with Crippen molar-refractivity contribution in [3.63, 3.8) is 0 Å². The number of hydrogen-bond acceptors (Lipinski definition) is 4. The van der Waals surface area contributed by atoms with Gasteiger partial charge in [0.25, 0.3) is 0 Å². The van der Waals surface area contributed by atoms with E-state index in [0.717, 1.165) is 78.7 Å². The van der Waals surface area contributed by atoms with E-state index in [0.29, 0.717) is 0 Å². The molecule has 3 aromatic carbocycles. The van der Waals surface area contributed by atoms with E-state index in [2.05, 4.69) is 30.0 Å². The first-order chi connectivity index (χ1) is 17.9. The van der Waals surface area contributed by atoms with Crippen molar-refractivity contribution >= 4 is 9.84 Å². The van der Waals surface area contributed by atoms with Crippen molar-refractivity contribution in [3.8, 4) is 16.9 Å². The summed E-state index contributed by atoms with van der Waals surface area (Å²) >= 11 is 0. The van der Waals surface area contributed by atoms with Gasteiger partial charge in [0.1, 0.15) is 11.4 Å². The topological polar surface area (TPSA) is 46.6 Å². The zero-order valence-corrected chi connectivity index (χ0v) is 22.6. The van der Waals surface area contributed by atoms with Gasteiger partial charge in [0.05, 0.1) is 11.5 Å². The third-order valence-corrected chi connectivity index (χ3v) is 10.3. The first kappa shape index (κ1) is 24.7. The Morgan fingerprint density at radius 1 is 0.865 bits per heavy atom. The van der Waals surface area contributed by atoms with Gasteiger partial charge in [-0.2, -0.15) is 0 Å². The summed E-state index contributed by atoms with van der Waals surface area (Å²) < 4.78 is 32.0. The van der Waals surface area contributed by atoms with Crippen LogP contribution < -0.4 is 4.74 Å². The highest BCUT2D eigenvalue weighted by atomic mass is 32.2. The van der Waals surface area contributed by atoms with Crippen molar-refractivity contribution in [2.75, 3.05) is 13.1 Å². The number of aryl methyl sites for hydroxylation is 1. The van der Waals surface area contributed by atoms with Gasteiger partial charge in [-0.1, -0.05) is 60.7 Å². The van der Waals surface area contributed by atoms with Gasteiger partial charge in [0.15, 0.2) is 9.84 Å². The lowest BCUT2D eigenvalue weighted by Crippen LogP contribution is -2.52. The number of benzene rings is 3. The smallest absolute Gasteiger partial charge is 0.158 e. The van der Waals surface area contributed by atoms with Crippen LogP contribution in [0.1, 0.15) is 55.7 Å². The predicted octanol–water partition coefficient (Wildman–Crippen LogP) is 6.43. The molecule has 1 spiro atoms. The molecular weight excluding hydrogens is 478 g/mol. The molecule has 1 saturated heterocycles. The molecule has 0 radical (unpaired) electrons. The maximum absolute atomic E-state index is 12.7. The predicted molar refractivity (Wildman–Crippen MR) is 149 cm³/mol. The van der Waals surface area contributed by atoms with Crippen LogP contribution in [0.25, 0.3) is 11.1 Å². The van der Waals surface area contributed by atoms with Gasteiger partial charge in [-0.15, -0.1) is 0 Å². The van der Waals surface area contributed by atoms with E-state index in [1.807, 2.05) is 54.6 Å². The number of sulfone groups is 1.